The summed E-state index contributed by atoms with van der Waals surface area (Å²) >= 11 is 0. The van der Waals surface area contributed by atoms with E-state index in [0.29, 0.717) is 0 Å². The minimum Gasteiger partial charge on any atom is -0.495 e. The zero-order valence-corrected chi connectivity index (χ0v) is 12.4. The first-order valence-electron chi connectivity index (χ1n) is 7.13. The molecule has 0 aliphatic carbocycles. The first-order chi connectivity index (χ1) is 10.3. The Balaban J connectivity index is 1.89. The van der Waals surface area contributed by atoms with E-state index in [1.807, 2.05) is 6.07 Å². The second kappa shape index (κ2) is 5.88. The summed E-state index contributed by atoms with van der Waals surface area (Å²) in [4.78, 5) is 0. The number of ether oxygens (including phenoxy) is 1. The fraction of sp³-hybridized carbons (Fsp3) is 0.158. The second-order valence-electron chi connectivity index (χ2n) is 5.20. The number of hydrogen-bond donors (Lipinski definition) is 1. The van der Waals surface area contributed by atoms with Crippen molar-refractivity contribution in [1.29, 1.82) is 0 Å². The summed E-state index contributed by atoms with van der Waals surface area (Å²) in [7, 11) is 1.70. The summed E-state index contributed by atoms with van der Waals surface area (Å²) < 4.78 is 5.41. The van der Waals surface area contributed by atoms with Crippen LogP contribution in [0.4, 0.5) is 5.69 Å². The highest BCUT2D eigenvalue weighted by atomic mass is 16.5. The summed E-state index contributed by atoms with van der Waals surface area (Å²) in [6, 6.07) is 21.1. The molecule has 106 valence electrons. The van der Waals surface area contributed by atoms with Crippen LogP contribution in [0, 0.1) is 6.92 Å². The molecule has 0 spiro atoms. The molecule has 0 saturated carbocycles. The van der Waals surface area contributed by atoms with Gasteiger partial charge in [-0.2, -0.15) is 0 Å². The minimum absolute atomic E-state index is 0.779. The van der Waals surface area contributed by atoms with Gasteiger partial charge < -0.3 is 10.1 Å². The lowest BCUT2D eigenvalue weighted by Gasteiger charge is -2.13. The van der Waals surface area contributed by atoms with Crippen LogP contribution in [-0.4, -0.2) is 7.11 Å². The lowest BCUT2D eigenvalue weighted by Crippen LogP contribution is -2.02. The lowest BCUT2D eigenvalue weighted by atomic mass is 10.0. The van der Waals surface area contributed by atoms with Crippen LogP contribution in [0.15, 0.2) is 60.7 Å². The predicted octanol–water partition coefficient (Wildman–Crippen LogP) is 4.77. The molecule has 0 unspecified atom stereocenters. The van der Waals surface area contributed by atoms with Crippen LogP contribution in [0.2, 0.25) is 0 Å². The molecule has 3 aromatic carbocycles. The molecule has 0 saturated heterocycles. The van der Waals surface area contributed by atoms with E-state index in [4.69, 9.17) is 4.74 Å². The van der Waals surface area contributed by atoms with E-state index in [-0.39, 0.29) is 0 Å². The molecule has 0 radical (unpaired) electrons. The Morgan fingerprint density at radius 1 is 0.952 bits per heavy atom. The maximum Gasteiger partial charge on any atom is 0.141 e. The van der Waals surface area contributed by atoms with Crippen molar-refractivity contribution in [3.8, 4) is 5.75 Å². The number of aryl methyl sites for hydroxylation is 1. The number of hydrogen-bond acceptors (Lipinski definition) is 2. The van der Waals surface area contributed by atoms with Crippen molar-refractivity contribution in [2.24, 2.45) is 0 Å². The van der Waals surface area contributed by atoms with E-state index < -0.39 is 0 Å². The van der Waals surface area contributed by atoms with Crippen LogP contribution in [0.1, 0.15) is 11.1 Å². The van der Waals surface area contributed by atoms with Gasteiger partial charge in [-0.1, -0.05) is 48.5 Å². The highest BCUT2D eigenvalue weighted by molar-refractivity contribution is 5.85. The van der Waals surface area contributed by atoms with Gasteiger partial charge in [0.25, 0.3) is 0 Å². The molecular formula is C19H19NO. The van der Waals surface area contributed by atoms with Gasteiger partial charge in [0.15, 0.2) is 0 Å². The van der Waals surface area contributed by atoms with Gasteiger partial charge >= 0.3 is 0 Å². The standard InChI is InChI=1S/C19H19NO/c1-14-10-11-19(21-2)18(12-14)20-13-16-8-5-7-15-6-3-4-9-17(15)16/h3-12,20H,13H2,1-2H3. The molecule has 0 amide bonds. The quantitative estimate of drug-likeness (QED) is 0.741. The zero-order chi connectivity index (χ0) is 14.7. The molecule has 0 atom stereocenters. The largest absolute Gasteiger partial charge is 0.495 e. The van der Waals surface area contributed by atoms with Gasteiger partial charge in [0.1, 0.15) is 5.75 Å². The van der Waals surface area contributed by atoms with E-state index in [1.54, 1.807) is 7.11 Å². The number of benzene rings is 3. The van der Waals surface area contributed by atoms with Crippen LogP contribution in [0.25, 0.3) is 10.8 Å². The Morgan fingerprint density at radius 2 is 1.76 bits per heavy atom. The average molecular weight is 277 g/mol. The Morgan fingerprint density at radius 3 is 2.62 bits per heavy atom. The third kappa shape index (κ3) is 2.84. The molecule has 0 heterocycles. The van der Waals surface area contributed by atoms with Crippen molar-refractivity contribution in [3.05, 3.63) is 71.8 Å². The Kier molecular flexibility index (Phi) is 3.78. The molecule has 0 aliphatic heterocycles. The molecule has 3 rings (SSSR count). The molecule has 0 aliphatic rings. The fourth-order valence-electron chi connectivity index (χ4n) is 2.60. The van der Waals surface area contributed by atoms with Crippen molar-refractivity contribution in [1.82, 2.24) is 0 Å². The van der Waals surface area contributed by atoms with Crippen molar-refractivity contribution >= 4 is 16.5 Å². The van der Waals surface area contributed by atoms with Gasteiger partial charge in [-0.25, -0.2) is 0 Å². The number of rotatable bonds is 4. The van der Waals surface area contributed by atoms with Gasteiger partial charge in [0, 0.05) is 6.54 Å². The second-order valence-corrected chi connectivity index (χ2v) is 5.20. The van der Waals surface area contributed by atoms with Crippen molar-refractivity contribution in [2.45, 2.75) is 13.5 Å². The minimum atomic E-state index is 0.779. The molecule has 0 bridgehead atoms. The molecule has 2 heteroatoms. The predicted molar refractivity (Wildman–Crippen MR) is 89.0 cm³/mol. The van der Waals surface area contributed by atoms with E-state index >= 15 is 0 Å². The summed E-state index contributed by atoms with van der Waals surface area (Å²) in [6.45, 7) is 2.86. The molecular weight excluding hydrogens is 258 g/mol. The number of fused-ring (bicyclic) bond motifs is 1. The first kappa shape index (κ1) is 13.5. The van der Waals surface area contributed by atoms with Gasteiger partial charge in [-0.3, -0.25) is 0 Å². The topological polar surface area (TPSA) is 21.3 Å². The van der Waals surface area contributed by atoms with Gasteiger partial charge in [-0.05, 0) is 41.0 Å². The maximum absolute atomic E-state index is 5.41. The Hall–Kier alpha value is -2.48. The molecule has 3 aromatic rings. The Labute approximate surface area is 125 Å². The van der Waals surface area contributed by atoms with Crippen LogP contribution >= 0.6 is 0 Å². The number of nitrogens with one attached hydrogen (secondary N) is 1. The third-order valence-corrected chi connectivity index (χ3v) is 3.70. The van der Waals surface area contributed by atoms with Crippen LogP contribution < -0.4 is 10.1 Å². The van der Waals surface area contributed by atoms with Crippen LogP contribution in [0.3, 0.4) is 0 Å². The molecule has 0 fully saturated rings. The monoisotopic (exact) mass is 277 g/mol. The fourth-order valence-corrected chi connectivity index (χ4v) is 2.60. The zero-order valence-electron chi connectivity index (χ0n) is 12.4. The van der Waals surface area contributed by atoms with E-state index in [2.05, 4.69) is 66.8 Å². The van der Waals surface area contributed by atoms with E-state index in [9.17, 15) is 0 Å². The molecule has 2 nitrogen and oxygen atoms in total. The summed E-state index contributed by atoms with van der Waals surface area (Å²) in [5, 5.41) is 6.05. The van der Waals surface area contributed by atoms with E-state index in [1.165, 1.54) is 21.9 Å². The molecule has 0 aromatic heterocycles. The van der Waals surface area contributed by atoms with Crippen LogP contribution in [-0.2, 0) is 6.54 Å². The van der Waals surface area contributed by atoms with Crippen molar-refractivity contribution in [3.63, 3.8) is 0 Å². The SMILES string of the molecule is COc1ccc(C)cc1NCc1cccc2ccccc12. The van der Waals surface area contributed by atoms with Crippen molar-refractivity contribution in [2.75, 3.05) is 12.4 Å². The molecule has 1 N–H and O–H groups in total. The summed E-state index contributed by atoms with van der Waals surface area (Å²) in [5.74, 6) is 0.876. The summed E-state index contributed by atoms with van der Waals surface area (Å²) in [5.41, 5.74) is 3.54. The Bertz CT molecular complexity index is 759. The third-order valence-electron chi connectivity index (χ3n) is 3.70. The normalized spacial score (nSPS) is 10.6. The molecule has 21 heavy (non-hydrogen) atoms. The van der Waals surface area contributed by atoms with Gasteiger partial charge in [0.05, 0.1) is 12.8 Å². The summed E-state index contributed by atoms with van der Waals surface area (Å²) in [6.07, 6.45) is 0. The van der Waals surface area contributed by atoms with Gasteiger partial charge in [-0.15, -0.1) is 0 Å². The average Bonchev–Trinajstić information content (AvgIpc) is 2.53. The lowest BCUT2D eigenvalue weighted by molar-refractivity contribution is 0.416. The smallest absolute Gasteiger partial charge is 0.141 e. The maximum atomic E-state index is 5.41. The number of anilines is 1. The highest BCUT2D eigenvalue weighted by Crippen LogP contribution is 2.27. The number of methoxy groups -OCH3 is 1. The first-order valence-corrected chi connectivity index (χ1v) is 7.13. The van der Waals surface area contributed by atoms with Crippen molar-refractivity contribution < 1.29 is 4.74 Å². The van der Waals surface area contributed by atoms with Crippen LogP contribution in [0.5, 0.6) is 5.75 Å². The highest BCUT2D eigenvalue weighted by Gasteiger charge is 2.04. The van der Waals surface area contributed by atoms with E-state index in [0.717, 1.165) is 18.0 Å². The van der Waals surface area contributed by atoms with Gasteiger partial charge in [0.2, 0.25) is 0 Å².